The number of halogens is 1. The minimum Gasteiger partial charge on any atom is -0.349 e. The molecular formula is C14H19ClN2O3S. The van der Waals surface area contributed by atoms with E-state index in [1.165, 1.54) is 10.6 Å². The minimum absolute atomic E-state index is 0.00941. The Bertz CT molecular complexity index is 610. The van der Waals surface area contributed by atoms with Gasteiger partial charge in [-0.15, -0.1) is 11.6 Å². The van der Waals surface area contributed by atoms with Gasteiger partial charge < -0.3 is 5.32 Å². The summed E-state index contributed by atoms with van der Waals surface area (Å²) in [5.74, 6) is 0.230. The van der Waals surface area contributed by atoms with E-state index in [0.29, 0.717) is 37.4 Å². The summed E-state index contributed by atoms with van der Waals surface area (Å²) in [5.41, 5.74) is 1.48. The van der Waals surface area contributed by atoms with Crippen LogP contribution in [0.2, 0.25) is 0 Å². The molecule has 0 spiro atoms. The van der Waals surface area contributed by atoms with Crippen LogP contribution >= 0.6 is 11.6 Å². The predicted molar refractivity (Wildman–Crippen MR) is 82.9 cm³/mol. The fourth-order valence-electron chi connectivity index (χ4n) is 2.40. The Morgan fingerprint density at radius 2 is 2.05 bits per heavy atom. The van der Waals surface area contributed by atoms with Crippen LogP contribution in [-0.4, -0.2) is 44.0 Å². The third-order valence-electron chi connectivity index (χ3n) is 3.60. The van der Waals surface area contributed by atoms with Crippen molar-refractivity contribution in [1.82, 2.24) is 9.62 Å². The summed E-state index contributed by atoms with van der Waals surface area (Å²) in [6.45, 7) is 0.900. The molecule has 116 valence electrons. The van der Waals surface area contributed by atoms with Crippen molar-refractivity contribution in [1.29, 1.82) is 0 Å². The fourth-order valence-corrected chi connectivity index (χ4v) is 3.44. The molecule has 0 unspecified atom stereocenters. The van der Waals surface area contributed by atoms with Crippen molar-refractivity contribution in [2.24, 2.45) is 0 Å². The van der Waals surface area contributed by atoms with Crippen molar-refractivity contribution < 1.29 is 13.2 Å². The number of rotatable bonds is 4. The van der Waals surface area contributed by atoms with E-state index in [9.17, 15) is 13.2 Å². The highest BCUT2D eigenvalue weighted by atomic mass is 35.5. The van der Waals surface area contributed by atoms with E-state index in [1.807, 2.05) is 6.07 Å². The zero-order chi connectivity index (χ0) is 15.5. The van der Waals surface area contributed by atoms with Crippen LogP contribution in [0.3, 0.4) is 0 Å². The van der Waals surface area contributed by atoms with Crippen molar-refractivity contribution in [3.8, 4) is 0 Å². The maximum atomic E-state index is 12.2. The Morgan fingerprint density at radius 3 is 2.62 bits per heavy atom. The van der Waals surface area contributed by atoms with E-state index in [0.717, 1.165) is 5.56 Å². The molecule has 0 saturated carbocycles. The highest BCUT2D eigenvalue weighted by molar-refractivity contribution is 7.88. The van der Waals surface area contributed by atoms with Crippen molar-refractivity contribution in [3.05, 3.63) is 35.4 Å². The number of carbonyl (C=O) groups excluding carboxylic acids is 1. The first-order valence-corrected chi connectivity index (χ1v) is 9.19. The molecular weight excluding hydrogens is 312 g/mol. The molecule has 1 fully saturated rings. The maximum Gasteiger partial charge on any atom is 0.251 e. The number of alkyl halides is 1. The summed E-state index contributed by atoms with van der Waals surface area (Å²) in [5, 5.41) is 2.95. The third kappa shape index (κ3) is 4.43. The average molecular weight is 331 g/mol. The number of nitrogens with one attached hydrogen (secondary N) is 1. The van der Waals surface area contributed by atoms with E-state index in [2.05, 4.69) is 5.32 Å². The second-order valence-electron chi connectivity index (χ2n) is 5.24. The third-order valence-corrected chi connectivity index (χ3v) is 5.21. The van der Waals surface area contributed by atoms with E-state index in [4.69, 9.17) is 11.6 Å². The first kappa shape index (κ1) is 16.3. The van der Waals surface area contributed by atoms with E-state index < -0.39 is 10.0 Å². The Hall–Kier alpha value is -1.11. The largest absolute Gasteiger partial charge is 0.349 e. The van der Waals surface area contributed by atoms with Gasteiger partial charge in [0.2, 0.25) is 10.0 Å². The molecule has 1 heterocycles. The first-order chi connectivity index (χ1) is 9.90. The summed E-state index contributed by atoms with van der Waals surface area (Å²) >= 11 is 5.76. The molecule has 0 atom stereocenters. The topological polar surface area (TPSA) is 66.5 Å². The van der Waals surface area contributed by atoms with Gasteiger partial charge in [0.1, 0.15) is 0 Å². The molecule has 0 aromatic heterocycles. The van der Waals surface area contributed by atoms with Crippen LogP contribution in [-0.2, 0) is 15.9 Å². The van der Waals surface area contributed by atoms with Gasteiger partial charge in [-0.05, 0) is 30.5 Å². The lowest BCUT2D eigenvalue weighted by atomic mass is 10.1. The van der Waals surface area contributed by atoms with Crippen molar-refractivity contribution in [2.75, 3.05) is 19.3 Å². The van der Waals surface area contributed by atoms with Crippen molar-refractivity contribution in [2.45, 2.75) is 24.8 Å². The normalized spacial score (nSPS) is 17.6. The average Bonchev–Trinajstić information content (AvgIpc) is 2.47. The Morgan fingerprint density at radius 1 is 1.38 bits per heavy atom. The second-order valence-corrected chi connectivity index (χ2v) is 7.49. The molecule has 1 saturated heterocycles. The summed E-state index contributed by atoms with van der Waals surface area (Å²) in [6, 6.07) is 7.20. The monoisotopic (exact) mass is 330 g/mol. The minimum atomic E-state index is -3.13. The number of hydrogen-bond donors (Lipinski definition) is 1. The molecule has 1 aliphatic rings. The fraction of sp³-hybridized carbons (Fsp3) is 0.500. The van der Waals surface area contributed by atoms with Gasteiger partial charge in [0.05, 0.1) is 6.26 Å². The van der Waals surface area contributed by atoms with Gasteiger partial charge in [-0.25, -0.2) is 12.7 Å². The second kappa shape index (κ2) is 6.77. The smallest absolute Gasteiger partial charge is 0.251 e. The Labute approximate surface area is 130 Å². The summed E-state index contributed by atoms with van der Waals surface area (Å²) in [6.07, 6.45) is 2.48. The summed E-state index contributed by atoms with van der Waals surface area (Å²) < 4.78 is 24.3. The van der Waals surface area contributed by atoms with Crippen molar-refractivity contribution in [3.63, 3.8) is 0 Å². The number of benzene rings is 1. The van der Waals surface area contributed by atoms with Crippen LogP contribution in [0.5, 0.6) is 0 Å². The van der Waals surface area contributed by atoms with Gasteiger partial charge in [-0.2, -0.15) is 0 Å². The molecule has 2 rings (SSSR count). The molecule has 1 amide bonds. The molecule has 21 heavy (non-hydrogen) atoms. The molecule has 1 N–H and O–H groups in total. The Kier molecular flexibility index (Phi) is 5.24. The number of sulfonamides is 1. The highest BCUT2D eigenvalue weighted by Gasteiger charge is 2.25. The zero-order valence-corrected chi connectivity index (χ0v) is 13.5. The number of carbonyl (C=O) groups is 1. The van der Waals surface area contributed by atoms with Crippen LogP contribution in [0.1, 0.15) is 28.8 Å². The number of nitrogens with zero attached hydrogens (tertiary/aromatic N) is 1. The molecule has 1 aromatic rings. The van der Waals surface area contributed by atoms with E-state index in [1.54, 1.807) is 18.2 Å². The van der Waals surface area contributed by atoms with E-state index in [-0.39, 0.29) is 11.9 Å². The number of amides is 1. The lowest BCUT2D eigenvalue weighted by Crippen LogP contribution is -2.46. The molecule has 0 bridgehead atoms. The van der Waals surface area contributed by atoms with Crippen LogP contribution in [0.25, 0.3) is 0 Å². The molecule has 1 aliphatic heterocycles. The lowest BCUT2D eigenvalue weighted by molar-refractivity contribution is 0.0924. The van der Waals surface area contributed by atoms with Gasteiger partial charge in [0.25, 0.3) is 5.91 Å². The molecule has 5 nitrogen and oxygen atoms in total. The van der Waals surface area contributed by atoms with Crippen LogP contribution < -0.4 is 5.32 Å². The molecule has 1 aromatic carbocycles. The standard InChI is InChI=1S/C14H19ClN2O3S/c1-21(19,20)17-7-5-13(6-8-17)16-14(18)12-4-2-3-11(9-12)10-15/h2-4,9,13H,5-8,10H2,1H3,(H,16,18). The number of hydrogen-bond acceptors (Lipinski definition) is 3. The van der Waals surface area contributed by atoms with Crippen molar-refractivity contribution >= 4 is 27.5 Å². The quantitative estimate of drug-likeness (QED) is 0.852. The summed E-state index contributed by atoms with van der Waals surface area (Å²) in [4.78, 5) is 12.2. The van der Waals surface area contributed by atoms with Gasteiger partial charge in [-0.1, -0.05) is 12.1 Å². The Balaban J connectivity index is 1.92. The van der Waals surface area contributed by atoms with Gasteiger partial charge in [0, 0.05) is 30.6 Å². The van der Waals surface area contributed by atoms with Gasteiger partial charge in [0.15, 0.2) is 0 Å². The van der Waals surface area contributed by atoms with E-state index >= 15 is 0 Å². The first-order valence-electron chi connectivity index (χ1n) is 6.81. The predicted octanol–water partition coefficient (Wildman–Crippen LogP) is 1.58. The molecule has 0 aliphatic carbocycles. The zero-order valence-electron chi connectivity index (χ0n) is 11.9. The van der Waals surface area contributed by atoms with Crippen LogP contribution in [0.15, 0.2) is 24.3 Å². The van der Waals surface area contributed by atoms with Crippen LogP contribution in [0, 0.1) is 0 Å². The highest BCUT2D eigenvalue weighted by Crippen LogP contribution is 2.14. The number of piperidine rings is 1. The molecule has 7 heteroatoms. The maximum absolute atomic E-state index is 12.2. The SMILES string of the molecule is CS(=O)(=O)N1CCC(NC(=O)c2cccc(CCl)c2)CC1. The summed E-state index contributed by atoms with van der Waals surface area (Å²) in [7, 11) is -3.13. The molecule has 0 radical (unpaired) electrons. The van der Waals surface area contributed by atoms with Crippen LogP contribution in [0.4, 0.5) is 0 Å². The van der Waals surface area contributed by atoms with Gasteiger partial charge >= 0.3 is 0 Å². The lowest BCUT2D eigenvalue weighted by Gasteiger charge is -2.30. The van der Waals surface area contributed by atoms with Gasteiger partial charge in [-0.3, -0.25) is 4.79 Å².